The Bertz CT molecular complexity index is 822. The van der Waals surface area contributed by atoms with Crippen molar-refractivity contribution >= 4 is 0 Å². The fraction of sp³-hybridized carbons (Fsp3) is 0.429. The molecule has 0 saturated heterocycles. The minimum atomic E-state index is 0.149. The van der Waals surface area contributed by atoms with Gasteiger partial charge in [-0.25, -0.2) is 0 Å². The third kappa shape index (κ3) is 3.62. The molecule has 27 heavy (non-hydrogen) atoms. The van der Waals surface area contributed by atoms with E-state index in [1.807, 2.05) is 24.3 Å². The molecule has 0 fully saturated rings. The van der Waals surface area contributed by atoms with Crippen LogP contribution >= 0.6 is 0 Å². The monoisotopic (exact) mass is 371 g/mol. The number of benzene rings is 2. The van der Waals surface area contributed by atoms with E-state index in [9.17, 15) is 0 Å². The number of nitrogens with zero attached hydrogens (tertiary/aromatic N) is 1. The van der Waals surface area contributed by atoms with E-state index >= 15 is 0 Å². The fourth-order valence-electron chi connectivity index (χ4n) is 3.60. The van der Waals surface area contributed by atoms with Crippen LogP contribution in [0.4, 0.5) is 0 Å². The molecule has 1 unspecified atom stereocenters. The van der Waals surface area contributed by atoms with Gasteiger partial charge >= 0.3 is 0 Å². The van der Waals surface area contributed by atoms with Crippen molar-refractivity contribution in [1.29, 1.82) is 0 Å². The number of fused-ring (bicyclic) bond motifs is 2. The Kier molecular flexibility index (Phi) is 4.99. The second-order valence-electron chi connectivity index (χ2n) is 6.82. The first-order valence-corrected chi connectivity index (χ1v) is 9.22. The molecule has 0 aliphatic carbocycles. The smallest absolute Gasteiger partial charge is 0.231 e. The van der Waals surface area contributed by atoms with Gasteiger partial charge in [-0.3, -0.25) is 4.90 Å². The van der Waals surface area contributed by atoms with Gasteiger partial charge in [0.1, 0.15) is 17.6 Å². The van der Waals surface area contributed by atoms with E-state index in [4.69, 9.17) is 23.7 Å². The molecule has 2 aliphatic rings. The molecule has 4 rings (SSSR count). The van der Waals surface area contributed by atoms with Crippen molar-refractivity contribution in [2.45, 2.75) is 32.5 Å². The molecule has 0 aromatic heterocycles. The van der Waals surface area contributed by atoms with Crippen LogP contribution in [0.5, 0.6) is 28.7 Å². The lowest BCUT2D eigenvalue weighted by Gasteiger charge is -2.23. The molecule has 2 aliphatic heterocycles. The van der Waals surface area contributed by atoms with Gasteiger partial charge in [0.2, 0.25) is 12.5 Å². The van der Waals surface area contributed by atoms with Crippen LogP contribution < -0.4 is 23.7 Å². The summed E-state index contributed by atoms with van der Waals surface area (Å²) in [5.74, 6) is 3.91. The average molecular weight is 371 g/mol. The van der Waals surface area contributed by atoms with Crippen molar-refractivity contribution in [2.75, 3.05) is 27.6 Å². The number of rotatable bonds is 5. The van der Waals surface area contributed by atoms with Gasteiger partial charge in [-0.15, -0.1) is 0 Å². The molecule has 6 heteroatoms. The molecule has 0 bridgehead atoms. The Morgan fingerprint density at radius 3 is 2.74 bits per heavy atom. The molecular weight excluding hydrogens is 346 g/mol. The summed E-state index contributed by atoms with van der Waals surface area (Å²) in [5, 5.41) is 0. The maximum absolute atomic E-state index is 6.23. The van der Waals surface area contributed by atoms with Crippen LogP contribution in [0.3, 0.4) is 0 Å². The summed E-state index contributed by atoms with van der Waals surface area (Å²) >= 11 is 0. The van der Waals surface area contributed by atoms with Gasteiger partial charge in [0.15, 0.2) is 11.5 Å². The molecule has 0 N–H and O–H groups in total. The Morgan fingerprint density at radius 1 is 1.07 bits per heavy atom. The maximum Gasteiger partial charge on any atom is 0.231 e. The lowest BCUT2D eigenvalue weighted by Crippen LogP contribution is -2.32. The number of hydrogen-bond acceptors (Lipinski definition) is 6. The largest absolute Gasteiger partial charge is 0.497 e. The molecule has 0 amide bonds. The highest BCUT2D eigenvalue weighted by Gasteiger charge is 2.25. The molecule has 0 spiro atoms. The number of methoxy groups -OCH3 is 2. The van der Waals surface area contributed by atoms with Crippen LogP contribution in [0.25, 0.3) is 0 Å². The van der Waals surface area contributed by atoms with Crippen LogP contribution in [0.1, 0.15) is 24.5 Å². The van der Waals surface area contributed by atoms with E-state index in [-0.39, 0.29) is 12.9 Å². The standard InChI is InChI=1S/C21H25NO5/c1-4-16-12-22(11-15-9-17(23-2)5-6-18(15)27-16)10-14-7-19(24-3)21-20(8-14)25-13-26-21/h5-9,16H,4,10-13H2,1-3H3. The Hall–Kier alpha value is -2.60. The van der Waals surface area contributed by atoms with E-state index in [0.717, 1.165) is 54.4 Å². The molecule has 144 valence electrons. The van der Waals surface area contributed by atoms with Crippen LogP contribution in [0.2, 0.25) is 0 Å². The topological polar surface area (TPSA) is 49.4 Å². The quantitative estimate of drug-likeness (QED) is 0.800. The first kappa shape index (κ1) is 17.8. The number of hydrogen-bond donors (Lipinski definition) is 0. The predicted octanol–water partition coefficient (Wildman–Crippen LogP) is 3.61. The molecule has 0 radical (unpaired) electrons. The van der Waals surface area contributed by atoms with E-state index in [2.05, 4.69) is 17.9 Å². The van der Waals surface area contributed by atoms with E-state index < -0.39 is 0 Å². The highest BCUT2D eigenvalue weighted by atomic mass is 16.7. The second kappa shape index (κ2) is 7.56. The third-order valence-corrected chi connectivity index (χ3v) is 5.00. The van der Waals surface area contributed by atoms with Crippen LogP contribution in [0.15, 0.2) is 30.3 Å². The zero-order valence-corrected chi connectivity index (χ0v) is 16.0. The first-order valence-electron chi connectivity index (χ1n) is 9.22. The zero-order valence-electron chi connectivity index (χ0n) is 16.0. The van der Waals surface area contributed by atoms with Gasteiger partial charge in [-0.2, -0.15) is 0 Å². The molecule has 1 atom stereocenters. The van der Waals surface area contributed by atoms with Crippen molar-refractivity contribution in [1.82, 2.24) is 4.90 Å². The zero-order chi connectivity index (χ0) is 18.8. The Morgan fingerprint density at radius 2 is 1.96 bits per heavy atom. The van der Waals surface area contributed by atoms with Gasteiger partial charge in [0.25, 0.3) is 0 Å². The average Bonchev–Trinajstić information content (AvgIpc) is 3.08. The summed E-state index contributed by atoms with van der Waals surface area (Å²) in [7, 11) is 3.33. The first-order chi connectivity index (χ1) is 13.2. The predicted molar refractivity (Wildman–Crippen MR) is 101 cm³/mol. The van der Waals surface area contributed by atoms with Gasteiger partial charge in [0, 0.05) is 25.2 Å². The van der Waals surface area contributed by atoms with Gasteiger partial charge in [-0.1, -0.05) is 6.92 Å². The van der Waals surface area contributed by atoms with E-state index in [1.165, 1.54) is 0 Å². The summed E-state index contributed by atoms with van der Waals surface area (Å²) < 4.78 is 28.1. The van der Waals surface area contributed by atoms with Crippen LogP contribution in [-0.2, 0) is 13.1 Å². The number of ether oxygens (including phenoxy) is 5. The van der Waals surface area contributed by atoms with Crippen molar-refractivity contribution in [3.63, 3.8) is 0 Å². The fourth-order valence-corrected chi connectivity index (χ4v) is 3.60. The summed E-state index contributed by atoms with van der Waals surface area (Å²) in [6.45, 7) is 4.80. The molecule has 2 aromatic carbocycles. The SMILES string of the molecule is CCC1CN(Cc2cc(OC)c3c(c2)OCO3)Cc2cc(OC)ccc2O1. The van der Waals surface area contributed by atoms with Crippen molar-refractivity contribution in [3.05, 3.63) is 41.5 Å². The Balaban J connectivity index is 1.61. The summed E-state index contributed by atoms with van der Waals surface area (Å²) in [6, 6.07) is 10.1. The van der Waals surface area contributed by atoms with Gasteiger partial charge in [0.05, 0.1) is 14.2 Å². The van der Waals surface area contributed by atoms with Gasteiger partial charge < -0.3 is 23.7 Å². The normalized spacial score (nSPS) is 18.4. The van der Waals surface area contributed by atoms with E-state index in [1.54, 1.807) is 14.2 Å². The lowest BCUT2D eigenvalue weighted by atomic mass is 10.1. The van der Waals surface area contributed by atoms with Crippen LogP contribution in [0, 0.1) is 0 Å². The molecule has 2 aromatic rings. The van der Waals surface area contributed by atoms with Crippen molar-refractivity contribution in [3.8, 4) is 28.7 Å². The van der Waals surface area contributed by atoms with Crippen molar-refractivity contribution in [2.24, 2.45) is 0 Å². The summed E-state index contributed by atoms with van der Waals surface area (Å²) in [6.07, 6.45) is 1.10. The van der Waals surface area contributed by atoms with E-state index in [0.29, 0.717) is 11.5 Å². The third-order valence-electron chi connectivity index (χ3n) is 5.00. The Labute approximate surface area is 159 Å². The van der Waals surface area contributed by atoms with Gasteiger partial charge in [-0.05, 0) is 42.3 Å². The maximum atomic E-state index is 6.23. The molecule has 0 saturated carbocycles. The molecular formula is C21H25NO5. The summed E-state index contributed by atoms with van der Waals surface area (Å²) in [4.78, 5) is 2.39. The highest BCUT2D eigenvalue weighted by Crippen LogP contribution is 2.42. The highest BCUT2D eigenvalue weighted by molar-refractivity contribution is 5.55. The minimum absolute atomic E-state index is 0.149. The van der Waals surface area contributed by atoms with Crippen molar-refractivity contribution < 1.29 is 23.7 Å². The second-order valence-corrected chi connectivity index (χ2v) is 6.82. The van der Waals surface area contributed by atoms with Crippen LogP contribution in [-0.4, -0.2) is 38.6 Å². The lowest BCUT2D eigenvalue weighted by molar-refractivity contribution is 0.139. The summed E-state index contributed by atoms with van der Waals surface area (Å²) in [5.41, 5.74) is 2.26. The minimum Gasteiger partial charge on any atom is -0.497 e. The molecule has 6 nitrogen and oxygen atoms in total. The molecule has 2 heterocycles.